The molecule has 2 atom stereocenters. The highest BCUT2D eigenvalue weighted by Crippen LogP contribution is 2.21. The van der Waals surface area contributed by atoms with Gasteiger partial charge in [0.05, 0.1) is 12.0 Å². The molecule has 2 unspecified atom stereocenters. The molecule has 2 rings (SSSR count). The van der Waals surface area contributed by atoms with E-state index in [1.807, 2.05) is 24.3 Å². The summed E-state index contributed by atoms with van der Waals surface area (Å²) in [6.45, 7) is 4.02. The molecule has 0 radical (unpaired) electrons. The first-order valence-electron chi connectivity index (χ1n) is 7.32. The van der Waals surface area contributed by atoms with E-state index in [0.29, 0.717) is 13.1 Å². The Morgan fingerprint density at radius 1 is 1.40 bits per heavy atom. The van der Waals surface area contributed by atoms with Crippen LogP contribution in [0.5, 0.6) is 0 Å². The van der Waals surface area contributed by atoms with Crippen molar-refractivity contribution in [3.05, 3.63) is 35.4 Å². The molecule has 0 aliphatic carbocycles. The Morgan fingerprint density at radius 2 is 2.10 bits per heavy atom. The zero-order valence-corrected chi connectivity index (χ0v) is 12.0. The van der Waals surface area contributed by atoms with Gasteiger partial charge in [0.15, 0.2) is 0 Å². The van der Waals surface area contributed by atoms with E-state index in [4.69, 9.17) is 5.11 Å². The minimum Gasteiger partial charge on any atom is -0.481 e. The summed E-state index contributed by atoms with van der Waals surface area (Å²) in [5.74, 6) is -1.02. The van der Waals surface area contributed by atoms with E-state index in [1.54, 1.807) is 0 Å². The molecule has 110 valence electrons. The van der Waals surface area contributed by atoms with Crippen LogP contribution in [0.2, 0.25) is 0 Å². The van der Waals surface area contributed by atoms with E-state index in [0.717, 1.165) is 31.4 Å². The van der Waals surface area contributed by atoms with Gasteiger partial charge in [-0.3, -0.25) is 9.69 Å². The van der Waals surface area contributed by atoms with Crippen molar-refractivity contribution in [2.24, 2.45) is 5.92 Å². The fraction of sp³-hybridized carbons (Fsp3) is 0.562. The maximum absolute atomic E-state index is 11.0. The Kier molecular flexibility index (Phi) is 5.15. The third-order valence-electron chi connectivity index (χ3n) is 4.06. The van der Waals surface area contributed by atoms with Gasteiger partial charge in [-0.15, -0.1) is 0 Å². The quantitative estimate of drug-likeness (QED) is 0.865. The van der Waals surface area contributed by atoms with Gasteiger partial charge in [0, 0.05) is 13.1 Å². The average Bonchev–Trinajstić information content (AvgIpc) is 2.47. The molecule has 0 bridgehead atoms. The number of β-amino-alcohol motifs (C(OH)–C–C–N with tert-alkyl or cyclic N) is 1. The topological polar surface area (TPSA) is 60.8 Å². The van der Waals surface area contributed by atoms with Crippen LogP contribution in [0, 0.1) is 5.92 Å². The van der Waals surface area contributed by atoms with Crippen molar-refractivity contribution in [2.45, 2.75) is 32.3 Å². The highest BCUT2D eigenvalue weighted by Gasteiger charge is 2.26. The number of benzene rings is 1. The van der Waals surface area contributed by atoms with E-state index in [-0.39, 0.29) is 5.92 Å². The first kappa shape index (κ1) is 15.0. The van der Waals surface area contributed by atoms with Crippen molar-refractivity contribution < 1.29 is 15.0 Å². The molecule has 0 spiro atoms. The number of rotatable bonds is 5. The van der Waals surface area contributed by atoms with Crippen LogP contribution in [0.4, 0.5) is 0 Å². The van der Waals surface area contributed by atoms with Crippen LogP contribution in [0.25, 0.3) is 0 Å². The maximum atomic E-state index is 11.0. The molecule has 1 saturated heterocycles. The highest BCUT2D eigenvalue weighted by molar-refractivity contribution is 5.70. The zero-order chi connectivity index (χ0) is 14.5. The van der Waals surface area contributed by atoms with Gasteiger partial charge in [0.1, 0.15) is 0 Å². The average molecular weight is 277 g/mol. The lowest BCUT2D eigenvalue weighted by Crippen LogP contribution is -2.40. The molecule has 0 amide bonds. The van der Waals surface area contributed by atoms with Gasteiger partial charge in [-0.05, 0) is 36.9 Å². The van der Waals surface area contributed by atoms with E-state index in [2.05, 4.69) is 11.8 Å². The van der Waals surface area contributed by atoms with Crippen molar-refractivity contribution in [3.63, 3.8) is 0 Å². The second kappa shape index (κ2) is 6.86. The maximum Gasteiger partial charge on any atom is 0.307 e. The molecule has 1 aromatic carbocycles. The molecule has 1 fully saturated rings. The van der Waals surface area contributed by atoms with Gasteiger partial charge in [0.25, 0.3) is 0 Å². The van der Waals surface area contributed by atoms with E-state index in [9.17, 15) is 9.90 Å². The predicted octanol–water partition coefficient (Wildman–Crippen LogP) is 2.08. The van der Waals surface area contributed by atoms with Gasteiger partial charge in [-0.1, -0.05) is 31.2 Å². The summed E-state index contributed by atoms with van der Waals surface area (Å²) < 4.78 is 0. The molecule has 2 N–H and O–H groups in total. The monoisotopic (exact) mass is 277 g/mol. The smallest absolute Gasteiger partial charge is 0.307 e. The van der Waals surface area contributed by atoms with Crippen molar-refractivity contribution in [3.8, 4) is 0 Å². The van der Waals surface area contributed by atoms with Crippen LogP contribution in [0.15, 0.2) is 24.3 Å². The lowest BCUT2D eigenvalue weighted by molar-refractivity contribution is -0.143. The van der Waals surface area contributed by atoms with Crippen LogP contribution in [0.3, 0.4) is 0 Å². The lowest BCUT2D eigenvalue weighted by Gasteiger charge is -2.32. The van der Waals surface area contributed by atoms with Crippen molar-refractivity contribution >= 4 is 5.97 Å². The van der Waals surface area contributed by atoms with E-state index < -0.39 is 12.1 Å². The summed E-state index contributed by atoms with van der Waals surface area (Å²) in [6.07, 6.45) is 2.07. The predicted molar refractivity (Wildman–Crippen MR) is 77.6 cm³/mol. The molecule has 4 heteroatoms. The summed E-state index contributed by atoms with van der Waals surface area (Å²) in [5.41, 5.74) is 2.16. The number of aryl methyl sites for hydroxylation is 1. The van der Waals surface area contributed by atoms with Gasteiger partial charge in [-0.2, -0.15) is 0 Å². The summed E-state index contributed by atoms with van der Waals surface area (Å²) in [5, 5.41) is 19.3. The highest BCUT2D eigenvalue weighted by atomic mass is 16.4. The molecule has 1 aromatic rings. The third kappa shape index (κ3) is 3.81. The molecular formula is C16H23NO3. The van der Waals surface area contributed by atoms with Crippen LogP contribution in [-0.2, 0) is 11.2 Å². The van der Waals surface area contributed by atoms with Gasteiger partial charge < -0.3 is 10.2 Å². The lowest BCUT2D eigenvalue weighted by atomic mass is 9.97. The number of likely N-dealkylation sites (tertiary alicyclic amines) is 1. The molecule has 0 saturated carbocycles. The van der Waals surface area contributed by atoms with Gasteiger partial charge >= 0.3 is 5.97 Å². The second-order valence-corrected chi connectivity index (χ2v) is 5.55. The van der Waals surface area contributed by atoms with E-state index >= 15 is 0 Å². The molecule has 1 aliphatic rings. The standard InChI is InChI=1S/C16H23NO3/c1-2-12-5-7-13(8-6-12)15(18)11-17-9-3-4-14(10-17)16(19)20/h5-8,14-15,18H,2-4,9-11H2,1H3,(H,19,20). The number of aliphatic hydroxyl groups is 1. The number of nitrogens with zero attached hydrogens (tertiary/aromatic N) is 1. The van der Waals surface area contributed by atoms with E-state index in [1.165, 1.54) is 5.56 Å². The Labute approximate surface area is 120 Å². The normalized spacial score (nSPS) is 21.6. The number of carboxylic acids is 1. The number of carbonyl (C=O) groups is 1. The van der Waals surface area contributed by atoms with Gasteiger partial charge in [0.2, 0.25) is 0 Å². The Morgan fingerprint density at radius 3 is 2.70 bits per heavy atom. The first-order chi connectivity index (χ1) is 9.60. The van der Waals surface area contributed by atoms with Crippen LogP contribution in [-0.4, -0.2) is 40.7 Å². The van der Waals surface area contributed by atoms with Crippen LogP contribution < -0.4 is 0 Å². The largest absolute Gasteiger partial charge is 0.481 e. The minimum absolute atomic E-state index is 0.293. The number of aliphatic carboxylic acids is 1. The Bertz CT molecular complexity index is 444. The molecule has 4 nitrogen and oxygen atoms in total. The number of hydrogen-bond acceptors (Lipinski definition) is 3. The molecule has 1 aliphatic heterocycles. The summed E-state index contributed by atoms with van der Waals surface area (Å²) in [4.78, 5) is 13.1. The summed E-state index contributed by atoms with van der Waals surface area (Å²) in [6, 6.07) is 7.99. The van der Waals surface area contributed by atoms with Crippen LogP contribution in [0.1, 0.15) is 37.0 Å². The van der Waals surface area contributed by atoms with Crippen molar-refractivity contribution in [2.75, 3.05) is 19.6 Å². The van der Waals surface area contributed by atoms with Crippen LogP contribution >= 0.6 is 0 Å². The Balaban J connectivity index is 1.92. The van der Waals surface area contributed by atoms with Crippen molar-refractivity contribution in [1.29, 1.82) is 0 Å². The SMILES string of the molecule is CCc1ccc(C(O)CN2CCCC(C(=O)O)C2)cc1. The first-order valence-corrected chi connectivity index (χ1v) is 7.32. The second-order valence-electron chi connectivity index (χ2n) is 5.55. The van der Waals surface area contributed by atoms with Gasteiger partial charge in [-0.25, -0.2) is 0 Å². The summed E-state index contributed by atoms with van der Waals surface area (Å²) in [7, 11) is 0. The number of hydrogen-bond donors (Lipinski definition) is 2. The number of aliphatic hydroxyl groups excluding tert-OH is 1. The number of piperidine rings is 1. The fourth-order valence-corrected chi connectivity index (χ4v) is 2.75. The summed E-state index contributed by atoms with van der Waals surface area (Å²) >= 11 is 0. The Hall–Kier alpha value is -1.39. The zero-order valence-electron chi connectivity index (χ0n) is 12.0. The minimum atomic E-state index is -0.725. The molecule has 0 aromatic heterocycles. The fourth-order valence-electron chi connectivity index (χ4n) is 2.75. The molecule has 20 heavy (non-hydrogen) atoms. The molecule has 1 heterocycles. The number of carboxylic acid groups (broad SMARTS) is 1. The van der Waals surface area contributed by atoms with Crippen molar-refractivity contribution in [1.82, 2.24) is 4.90 Å². The third-order valence-corrected chi connectivity index (χ3v) is 4.06. The molecular weight excluding hydrogens is 254 g/mol.